The fraction of sp³-hybridized carbons (Fsp3) is 0.0556. The van der Waals surface area contributed by atoms with E-state index in [1.54, 1.807) is 0 Å². The van der Waals surface area contributed by atoms with Crippen LogP contribution in [0.2, 0.25) is 0 Å². The third-order valence-electron chi connectivity index (χ3n) is 3.46. The fourth-order valence-corrected chi connectivity index (χ4v) is 2.15. The maximum absolute atomic E-state index is 12.9. The molecule has 0 aliphatic rings. The fourth-order valence-electron chi connectivity index (χ4n) is 2.15. The molecule has 0 aliphatic heterocycles. The average Bonchev–Trinajstić information content (AvgIpc) is 2.64. The molecule has 0 radical (unpaired) electrons. The Hall–Kier alpha value is -3.49. The Bertz CT molecular complexity index is 941. The zero-order valence-corrected chi connectivity index (χ0v) is 13.6. The summed E-state index contributed by atoms with van der Waals surface area (Å²) >= 11 is 0. The third-order valence-corrected chi connectivity index (χ3v) is 3.46. The first-order chi connectivity index (χ1) is 12.8. The van der Waals surface area contributed by atoms with Gasteiger partial charge in [-0.3, -0.25) is 4.79 Å². The number of amides is 1. The number of nitrogens with zero attached hydrogens (tertiary/aromatic N) is 2. The second-order valence-corrected chi connectivity index (χ2v) is 5.46. The molecule has 0 saturated heterocycles. The van der Waals surface area contributed by atoms with Gasteiger partial charge in [-0.05, 0) is 42.5 Å². The van der Waals surface area contributed by atoms with Gasteiger partial charge in [-0.25, -0.2) is 14.4 Å². The molecule has 2 N–H and O–H groups in total. The van der Waals surface area contributed by atoms with Crippen molar-refractivity contribution in [2.75, 3.05) is 10.6 Å². The first-order valence-corrected chi connectivity index (χ1v) is 7.64. The summed E-state index contributed by atoms with van der Waals surface area (Å²) in [5, 5.41) is 5.19. The summed E-state index contributed by atoms with van der Waals surface area (Å²) in [6.07, 6.45) is -2.01. The van der Waals surface area contributed by atoms with Gasteiger partial charge in [0, 0.05) is 23.8 Å². The number of benzene rings is 2. The van der Waals surface area contributed by atoms with Gasteiger partial charge in [0.1, 0.15) is 5.82 Å². The largest absolute Gasteiger partial charge is 0.416 e. The molecule has 0 spiro atoms. The van der Waals surface area contributed by atoms with Gasteiger partial charge in [-0.2, -0.15) is 13.2 Å². The number of rotatable bonds is 4. The highest BCUT2D eigenvalue weighted by Crippen LogP contribution is 2.31. The van der Waals surface area contributed by atoms with Crippen LogP contribution in [0.25, 0.3) is 0 Å². The number of alkyl halides is 3. The van der Waals surface area contributed by atoms with Crippen molar-refractivity contribution in [3.63, 3.8) is 0 Å². The molecule has 0 aliphatic carbocycles. The van der Waals surface area contributed by atoms with Crippen molar-refractivity contribution in [1.82, 2.24) is 9.97 Å². The van der Waals surface area contributed by atoms with Gasteiger partial charge >= 0.3 is 6.18 Å². The van der Waals surface area contributed by atoms with E-state index in [-0.39, 0.29) is 17.2 Å². The highest BCUT2D eigenvalue weighted by molar-refractivity contribution is 6.03. The second-order valence-electron chi connectivity index (χ2n) is 5.46. The smallest absolute Gasteiger partial charge is 0.324 e. The van der Waals surface area contributed by atoms with Crippen molar-refractivity contribution in [2.45, 2.75) is 6.18 Å². The van der Waals surface area contributed by atoms with E-state index in [0.717, 1.165) is 12.1 Å². The van der Waals surface area contributed by atoms with E-state index in [1.807, 2.05) is 0 Å². The van der Waals surface area contributed by atoms with E-state index in [2.05, 4.69) is 20.6 Å². The van der Waals surface area contributed by atoms with Gasteiger partial charge < -0.3 is 10.6 Å². The third kappa shape index (κ3) is 4.78. The molecule has 3 aromatic rings. The van der Waals surface area contributed by atoms with Crippen LogP contribution in [0.1, 0.15) is 15.9 Å². The minimum Gasteiger partial charge on any atom is -0.324 e. The Morgan fingerprint density at radius 1 is 0.926 bits per heavy atom. The van der Waals surface area contributed by atoms with Crippen LogP contribution >= 0.6 is 0 Å². The van der Waals surface area contributed by atoms with Crippen LogP contribution in [0.5, 0.6) is 0 Å². The van der Waals surface area contributed by atoms with Crippen LogP contribution in [0.3, 0.4) is 0 Å². The molecule has 0 bridgehead atoms. The van der Waals surface area contributed by atoms with Gasteiger partial charge in [0.25, 0.3) is 5.91 Å². The lowest BCUT2D eigenvalue weighted by molar-refractivity contribution is -0.137. The molecule has 2 aromatic carbocycles. The predicted molar refractivity (Wildman–Crippen MR) is 91.1 cm³/mol. The van der Waals surface area contributed by atoms with Crippen LogP contribution < -0.4 is 10.6 Å². The molecule has 1 heterocycles. The van der Waals surface area contributed by atoms with E-state index in [4.69, 9.17) is 0 Å². The van der Waals surface area contributed by atoms with E-state index >= 15 is 0 Å². The number of aromatic nitrogens is 2. The molecule has 138 valence electrons. The Kier molecular flexibility index (Phi) is 5.02. The number of carbonyl (C=O) groups excluding carboxylic acids is 1. The summed E-state index contributed by atoms with van der Waals surface area (Å²) in [7, 11) is 0. The molecule has 27 heavy (non-hydrogen) atoms. The second kappa shape index (κ2) is 7.40. The molecule has 5 nitrogen and oxygen atoms in total. The maximum Gasteiger partial charge on any atom is 0.416 e. The van der Waals surface area contributed by atoms with E-state index in [1.165, 1.54) is 48.8 Å². The molecular weight excluding hydrogens is 364 g/mol. The van der Waals surface area contributed by atoms with E-state index < -0.39 is 23.5 Å². The van der Waals surface area contributed by atoms with E-state index in [0.29, 0.717) is 5.69 Å². The number of nitrogens with one attached hydrogen (secondary N) is 2. The number of hydrogen-bond donors (Lipinski definition) is 2. The number of carbonyl (C=O) groups is 1. The minimum atomic E-state index is -4.46. The molecular formula is C18H12F4N4O. The lowest BCUT2D eigenvalue weighted by atomic mass is 10.2. The zero-order chi connectivity index (χ0) is 19.4. The molecule has 3 rings (SSSR count). The van der Waals surface area contributed by atoms with Crippen LogP contribution in [-0.4, -0.2) is 15.9 Å². The van der Waals surface area contributed by atoms with Crippen LogP contribution in [0.4, 0.5) is 34.9 Å². The van der Waals surface area contributed by atoms with Gasteiger partial charge in [0.05, 0.1) is 11.1 Å². The Labute approximate surface area is 151 Å². The summed E-state index contributed by atoms with van der Waals surface area (Å²) < 4.78 is 51.0. The molecule has 0 unspecified atom stereocenters. The van der Waals surface area contributed by atoms with E-state index in [9.17, 15) is 22.4 Å². The SMILES string of the molecule is O=C(Nc1ccc(F)cc1)c1cnc(Nc2cccc(C(F)(F)F)c2)nc1. The van der Waals surface area contributed by atoms with Crippen molar-refractivity contribution in [3.8, 4) is 0 Å². The van der Waals surface area contributed by atoms with Crippen molar-refractivity contribution in [2.24, 2.45) is 0 Å². The van der Waals surface area contributed by atoms with Gasteiger partial charge in [0.2, 0.25) is 5.95 Å². The molecule has 0 saturated carbocycles. The van der Waals surface area contributed by atoms with Gasteiger partial charge in [-0.15, -0.1) is 0 Å². The van der Waals surface area contributed by atoms with Crippen molar-refractivity contribution in [3.05, 3.63) is 77.9 Å². The predicted octanol–water partition coefficient (Wildman–Crippen LogP) is 4.63. The average molecular weight is 376 g/mol. The Balaban J connectivity index is 1.68. The van der Waals surface area contributed by atoms with Crippen LogP contribution in [0.15, 0.2) is 60.9 Å². The molecule has 0 fully saturated rings. The van der Waals surface area contributed by atoms with Gasteiger partial charge in [0.15, 0.2) is 0 Å². The Morgan fingerprint density at radius 3 is 2.22 bits per heavy atom. The summed E-state index contributed by atoms with van der Waals surface area (Å²) in [6, 6.07) is 9.79. The lowest BCUT2D eigenvalue weighted by Gasteiger charge is -2.10. The molecule has 9 heteroatoms. The Morgan fingerprint density at radius 2 is 1.59 bits per heavy atom. The van der Waals surface area contributed by atoms with Crippen molar-refractivity contribution < 1.29 is 22.4 Å². The lowest BCUT2D eigenvalue weighted by Crippen LogP contribution is -2.13. The highest BCUT2D eigenvalue weighted by Gasteiger charge is 2.30. The quantitative estimate of drug-likeness (QED) is 0.652. The molecule has 0 atom stereocenters. The van der Waals surface area contributed by atoms with Crippen molar-refractivity contribution >= 4 is 23.2 Å². The van der Waals surface area contributed by atoms with Crippen molar-refractivity contribution in [1.29, 1.82) is 0 Å². The maximum atomic E-state index is 12.9. The summed E-state index contributed by atoms with van der Waals surface area (Å²) in [5.41, 5.74) is -0.113. The topological polar surface area (TPSA) is 66.9 Å². The minimum absolute atomic E-state index is 0.0349. The number of anilines is 3. The first-order valence-electron chi connectivity index (χ1n) is 7.64. The number of hydrogen-bond acceptors (Lipinski definition) is 4. The van der Waals surface area contributed by atoms with Crippen LogP contribution in [-0.2, 0) is 6.18 Å². The normalized spacial score (nSPS) is 11.1. The summed E-state index contributed by atoms with van der Waals surface area (Å²) in [4.78, 5) is 19.9. The monoisotopic (exact) mass is 376 g/mol. The van der Waals surface area contributed by atoms with Gasteiger partial charge in [-0.1, -0.05) is 6.07 Å². The summed E-state index contributed by atoms with van der Waals surface area (Å²) in [6.45, 7) is 0. The standard InChI is InChI=1S/C18H12F4N4O/c19-13-4-6-14(7-5-13)25-16(27)11-9-23-17(24-10-11)26-15-3-1-2-12(8-15)18(20,21)22/h1-10H,(H,25,27)(H,23,24,26). The molecule has 1 aromatic heterocycles. The zero-order valence-electron chi connectivity index (χ0n) is 13.6. The van der Waals surface area contributed by atoms with Crippen LogP contribution in [0, 0.1) is 5.82 Å². The molecule has 1 amide bonds. The highest BCUT2D eigenvalue weighted by atomic mass is 19.4. The number of halogens is 4. The first kappa shape index (κ1) is 18.3. The summed E-state index contributed by atoms with van der Waals surface area (Å²) in [5.74, 6) is -0.902.